The maximum absolute atomic E-state index is 11.1. The van der Waals surface area contributed by atoms with Gasteiger partial charge >= 0.3 is 43.6 Å². The van der Waals surface area contributed by atoms with Crippen LogP contribution in [0.4, 0.5) is 19.2 Å². The summed E-state index contributed by atoms with van der Waals surface area (Å²) in [5.74, 6) is -0.104. The topological polar surface area (TPSA) is 428 Å². The van der Waals surface area contributed by atoms with E-state index in [-0.39, 0.29) is 118 Å². The number of fused-ring (bicyclic) bond motifs is 4. The first-order valence-electron chi connectivity index (χ1n) is 37.4. The van der Waals surface area contributed by atoms with Gasteiger partial charge in [-0.1, -0.05) is 74.2 Å². The Bertz CT molecular complexity index is 3490. The normalized spacial score (nSPS) is 22.2. The van der Waals surface area contributed by atoms with Gasteiger partial charge in [-0.3, -0.25) is 39.9 Å². The van der Waals surface area contributed by atoms with Crippen LogP contribution in [0, 0.1) is 0 Å². The minimum absolute atomic E-state index is 0. The van der Waals surface area contributed by atoms with Crippen molar-refractivity contribution in [1.29, 1.82) is 0 Å². The van der Waals surface area contributed by atoms with Gasteiger partial charge in [0.2, 0.25) is 0 Å². The molecule has 16 heterocycles. The number of hydrogen-bond acceptors (Lipinski definition) is 24. The second kappa shape index (κ2) is 49.0. The fourth-order valence-electron chi connectivity index (χ4n) is 13.1. The second-order valence-corrected chi connectivity index (χ2v) is 31.8. The summed E-state index contributed by atoms with van der Waals surface area (Å²) in [6.45, 7) is 0. The van der Waals surface area contributed by atoms with Gasteiger partial charge < -0.3 is 82.1 Å². The number of amides is 8. The van der Waals surface area contributed by atoms with Crippen LogP contribution in [0.15, 0.2) is 195 Å². The largest absolute Gasteiger partial charge is 4.00 e. The Balaban J connectivity index is 0.000000162. The van der Waals surface area contributed by atoms with Crippen LogP contribution in [0.25, 0.3) is 45.6 Å². The molecule has 33 heteroatoms. The molecule has 596 valence electrons. The first-order valence-corrected chi connectivity index (χ1v) is 41.6. The summed E-state index contributed by atoms with van der Waals surface area (Å²) >= 11 is 7.42. The van der Waals surface area contributed by atoms with Crippen LogP contribution >= 0.6 is 47.0 Å². The molecule has 0 bridgehead atoms. The van der Waals surface area contributed by atoms with E-state index in [4.69, 9.17) is 0 Å². The van der Waals surface area contributed by atoms with Crippen LogP contribution in [-0.2, 0) is 38.7 Å². The van der Waals surface area contributed by atoms with E-state index in [9.17, 15) is 58.8 Å². The van der Waals surface area contributed by atoms with E-state index < -0.39 is 23.9 Å². The van der Waals surface area contributed by atoms with Crippen LogP contribution in [0.2, 0.25) is 0 Å². The number of carboxylic acids is 4. The molecule has 12 atom stereocenters. The van der Waals surface area contributed by atoms with Crippen molar-refractivity contribution in [2.24, 2.45) is 0 Å². The van der Waals surface area contributed by atoms with Crippen molar-refractivity contribution in [2.75, 3.05) is 23.0 Å². The Morgan fingerprint density at radius 2 is 0.442 bits per heavy atom. The molecule has 8 amide bonds. The van der Waals surface area contributed by atoms with Crippen molar-refractivity contribution < 1.29 is 78.3 Å². The number of hydrogen-bond donors (Lipinski definition) is 8. The number of aliphatic carboxylic acids is 4. The molecule has 8 aliphatic heterocycles. The zero-order chi connectivity index (χ0) is 79.1. The molecule has 8 saturated heterocycles. The van der Waals surface area contributed by atoms with Crippen molar-refractivity contribution >= 4 is 95.0 Å². The van der Waals surface area contributed by atoms with Gasteiger partial charge in [0.15, 0.2) is 0 Å². The summed E-state index contributed by atoms with van der Waals surface area (Å²) in [5.41, 5.74) is 7.32. The number of pyridine rings is 8. The van der Waals surface area contributed by atoms with Gasteiger partial charge in [-0.25, -0.2) is 19.2 Å². The fourth-order valence-corrected chi connectivity index (χ4v) is 19.3. The Labute approximate surface area is 686 Å². The van der Waals surface area contributed by atoms with Crippen LogP contribution in [-0.4, -0.2) is 180 Å². The van der Waals surface area contributed by atoms with Crippen LogP contribution < -0.4 is 63.0 Å². The molecule has 8 N–H and O–H groups in total. The van der Waals surface area contributed by atoms with Gasteiger partial charge in [0.05, 0.1) is 93.9 Å². The number of unbranched alkanes of at least 4 members (excludes halogenated alkanes) is 4. The van der Waals surface area contributed by atoms with Crippen molar-refractivity contribution in [1.82, 2.24) is 82.4 Å². The van der Waals surface area contributed by atoms with Crippen LogP contribution in [0.1, 0.15) is 103 Å². The number of thioether (sulfide) groups is 4. The van der Waals surface area contributed by atoms with Gasteiger partial charge in [0, 0.05) is 117 Å². The standard InChI is InChI=1S/4C10H16N2O3S.4C10H8N2.Ru/c4*13-8(14)4-2-1-3-7-9-6(5-16-7)11-10(15)12-9;4*1-3-7-11-9(5-1)10-6-2-4-8-12-10;/h4*6-7,9H,1-5H2,(H,13,14)(H2,11,12,15);4*1-8H;/q;;;;;;;;+4/p-4/t4*6-,7-,9-;;;;;/m0000...../s1. The quantitative estimate of drug-likeness (QED) is 0.0184. The summed E-state index contributed by atoms with van der Waals surface area (Å²) in [5, 5.41) is 65.8. The Hall–Kier alpha value is -9.82. The molecule has 0 unspecified atom stereocenters. The molecule has 0 aromatic carbocycles. The summed E-state index contributed by atoms with van der Waals surface area (Å²) < 4.78 is 0. The third-order valence-corrected chi connectivity index (χ3v) is 24.6. The number of urea groups is 4. The number of aromatic nitrogens is 8. The molecule has 8 aromatic rings. The fraction of sp³-hybridized carbons (Fsp3) is 0.400. The smallest absolute Gasteiger partial charge is 0.550 e. The van der Waals surface area contributed by atoms with Crippen LogP contribution in [0.3, 0.4) is 0 Å². The van der Waals surface area contributed by atoms with E-state index in [1.165, 1.54) is 0 Å². The summed E-state index contributed by atoms with van der Waals surface area (Å²) in [7, 11) is 0. The molecule has 8 fully saturated rings. The summed E-state index contributed by atoms with van der Waals surface area (Å²) in [4.78, 5) is 119. The van der Waals surface area contributed by atoms with Crippen molar-refractivity contribution in [3.8, 4) is 45.6 Å². The molecule has 0 radical (unpaired) electrons. The Morgan fingerprint density at radius 1 is 0.274 bits per heavy atom. The minimum Gasteiger partial charge on any atom is -0.550 e. The number of nitrogens with zero attached hydrogens (tertiary/aromatic N) is 8. The molecule has 113 heavy (non-hydrogen) atoms. The maximum Gasteiger partial charge on any atom is 4.00 e. The number of carbonyl (C=O) groups is 8. The SMILES string of the molecule is O=C([O-])CCCC[C@@H]1SC[C@@H]2NC(=O)N[C@@H]21.O=C([O-])CCCC[C@@H]1SC[C@@H]2NC(=O)N[C@@H]21.O=C([O-])CCCC[C@@H]1SC[C@@H]2NC(=O)N[C@@H]21.O=C([O-])CCCC[C@@H]1SC[C@@H]2NC(=O)N[C@@H]21.[Ru+4].c1ccc(-c2ccccn2)nc1.c1ccc(-c2ccccn2)nc1.c1ccc(-c2ccccn2)nc1.c1ccc(-c2ccccn2)nc1. The summed E-state index contributed by atoms with van der Waals surface area (Å²) in [6, 6.07) is 48.0. The number of nitrogens with one attached hydrogen (secondary N) is 8. The average molecular weight is 1700 g/mol. The molecule has 0 aliphatic carbocycles. The van der Waals surface area contributed by atoms with Gasteiger partial charge in [0.25, 0.3) is 0 Å². The van der Waals surface area contributed by atoms with E-state index in [1.807, 2.05) is 193 Å². The molecule has 16 rings (SSSR count). The maximum atomic E-state index is 11.1. The monoisotopic (exact) mass is 1700 g/mol. The van der Waals surface area contributed by atoms with Crippen molar-refractivity contribution in [3.05, 3.63) is 195 Å². The van der Waals surface area contributed by atoms with E-state index >= 15 is 0 Å². The Kier molecular flexibility index (Phi) is 38.4. The third kappa shape index (κ3) is 30.9. The summed E-state index contributed by atoms with van der Waals surface area (Å²) in [6.07, 6.45) is 24.7. The van der Waals surface area contributed by atoms with E-state index in [0.29, 0.717) is 46.7 Å². The number of carboxylic acid groups (broad SMARTS) is 4. The molecular formula is C80H92N16O12RuS4. The third-order valence-electron chi connectivity index (χ3n) is 18.6. The Morgan fingerprint density at radius 3 is 0.584 bits per heavy atom. The van der Waals surface area contributed by atoms with E-state index in [0.717, 1.165) is 120 Å². The van der Waals surface area contributed by atoms with E-state index in [1.54, 1.807) is 49.6 Å². The van der Waals surface area contributed by atoms with Gasteiger partial charge in [-0.15, -0.1) is 0 Å². The number of rotatable bonds is 24. The predicted octanol–water partition coefficient (Wildman–Crippen LogP) is 6.42. The molecule has 0 spiro atoms. The number of carbonyl (C=O) groups excluding carboxylic acids is 8. The zero-order valence-electron chi connectivity index (χ0n) is 62.0. The van der Waals surface area contributed by atoms with Crippen LogP contribution in [0.5, 0.6) is 0 Å². The molecule has 8 aliphatic rings. The minimum atomic E-state index is -0.979. The first kappa shape index (κ1) is 88.7. The van der Waals surface area contributed by atoms with Gasteiger partial charge in [0.1, 0.15) is 0 Å². The molecular weight excluding hydrogens is 1610 g/mol. The van der Waals surface area contributed by atoms with Gasteiger partial charge in [-0.2, -0.15) is 47.0 Å². The first-order chi connectivity index (χ1) is 54.5. The van der Waals surface area contributed by atoms with Crippen molar-refractivity contribution in [2.45, 2.75) is 172 Å². The van der Waals surface area contributed by atoms with Gasteiger partial charge in [-0.05, 0) is 174 Å². The molecule has 28 nitrogen and oxygen atoms in total. The average Bonchev–Trinajstić information content (AvgIpc) is 1.68. The zero-order valence-corrected chi connectivity index (χ0v) is 67.0. The molecule has 0 saturated carbocycles. The molecule has 8 aromatic heterocycles. The van der Waals surface area contributed by atoms with Crippen molar-refractivity contribution in [3.63, 3.8) is 0 Å². The second-order valence-electron chi connectivity index (χ2n) is 26.7. The van der Waals surface area contributed by atoms with E-state index in [2.05, 4.69) is 82.4 Å². The predicted molar refractivity (Wildman–Crippen MR) is 426 cm³/mol.